The predicted molar refractivity (Wildman–Crippen MR) is 135 cm³/mol. The van der Waals surface area contributed by atoms with Crippen molar-refractivity contribution in [3.8, 4) is 0 Å². The van der Waals surface area contributed by atoms with Crippen molar-refractivity contribution in [2.45, 2.75) is 52.6 Å². The minimum atomic E-state index is -0.712. The van der Waals surface area contributed by atoms with Crippen molar-refractivity contribution in [3.63, 3.8) is 0 Å². The first-order valence-electron chi connectivity index (χ1n) is 11.5. The number of benzene rings is 1. The molecule has 196 valence electrons. The van der Waals surface area contributed by atoms with Crippen LogP contribution in [0.4, 0.5) is 14.2 Å². The number of thiophene rings is 1. The molecule has 3 N–H and O–H groups in total. The third-order valence-corrected chi connectivity index (χ3v) is 5.88. The standard InChI is InChI=1S/C25H32FN3O6S/c1-6-18(16-7-9-17(26)10-8-16)21(31)29-22-20(15(2)14-36-22)23(32)34-12-11-27-19(30)13-28-24(33)35-25(3,4)5/h7-10,14,18H,6,11-13H2,1-5H3,(H,27,30)(H,28,33)(H,29,31). The van der Waals surface area contributed by atoms with Gasteiger partial charge in [-0.1, -0.05) is 19.1 Å². The minimum absolute atomic E-state index is 0.0356. The van der Waals surface area contributed by atoms with E-state index in [9.17, 15) is 23.6 Å². The molecule has 1 aromatic heterocycles. The molecule has 0 fully saturated rings. The van der Waals surface area contributed by atoms with Gasteiger partial charge in [-0.25, -0.2) is 14.0 Å². The van der Waals surface area contributed by atoms with Crippen LogP contribution in [0.5, 0.6) is 0 Å². The molecule has 0 spiro atoms. The van der Waals surface area contributed by atoms with Crippen LogP contribution in [0.3, 0.4) is 0 Å². The molecule has 36 heavy (non-hydrogen) atoms. The van der Waals surface area contributed by atoms with E-state index >= 15 is 0 Å². The molecule has 0 aliphatic carbocycles. The van der Waals surface area contributed by atoms with Gasteiger partial charge in [0.25, 0.3) is 0 Å². The first kappa shape index (κ1) is 28.8. The third kappa shape index (κ3) is 8.95. The van der Waals surface area contributed by atoms with Gasteiger partial charge in [0.05, 0.1) is 24.6 Å². The van der Waals surface area contributed by atoms with Crippen LogP contribution in [0.25, 0.3) is 0 Å². The molecule has 0 aliphatic heterocycles. The maximum Gasteiger partial charge on any atom is 0.408 e. The molecule has 2 rings (SSSR count). The van der Waals surface area contributed by atoms with Gasteiger partial charge in [-0.2, -0.15) is 0 Å². The molecule has 3 amide bonds. The topological polar surface area (TPSA) is 123 Å². The van der Waals surface area contributed by atoms with Gasteiger partial charge in [0.1, 0.15) is 23.0 Å². The molecule has 0 aliphatic rings. The number of halogens is 1. The van der Waals surface area contributed by atoms with Gasteiger partial charge in [-0.05, 0) is 62.8 Å². The van der Waals surface area contributed by atoms with E-state index in [0.29, 0.717) is 22.5 Å². The summed E-state index contributed by atoms with van der Waals surface area (Å²) in [6.45, 7) is 8.35. The second kappa shape index (κ2) is 13.0. The lowest BCUT2D eigenvalue weighted by atomic mass is 9.95. The molecule has 2 aromatic rings. The highest BCUT2D eigenvalue weighted by Crippen LogP contribution is 2.30. The normalized spacial score (nSPS) is 11.8. The molecule has 1 unspecified atom stereocenters. The van der Waals surface area contributed by atoms with E-state index in [-0.39, 0.29) is 37.0 Å². The fourth-order valence-electron chi connectivity index (χ4n) is 3.19. The van der Waals surface area contributed by atoms with E-state index in [1.165, 1.54) is 23.5 Å². The number of anilines is 1. The quantitative estimate of drug-likeness (QED) is 0.319. The van der Waals surface area contributed by atoms with E-state index in [0.717, 1.165) is 0 Å². The fourth-order valence-corrected chi connectivity index (χ4v) is 4.13. The largest absolute Gasteiger partial charge is 0.460 e. The summed E-state index contributed by atoms with van der Waals surface area (Å²) in [4.78, 5) is 49.0. The van der Waals surface area contributed by atoms with Crippen molar-refractivity contribution in [3.05, 3.63) is 52.2 Å². The van der Waals surface area contributed by atoms with Crippen LogP contribution >= 0.6 is 11.3 Å². The smallest absolute Gasteiger partial charge is 0.408 e. The van der Waals surface area contributed by atoms with Gasteiger partial charge in [0.2, 0.25) is 11.8 Å². The van der Waals surface area contributed by atoms with Gasteiger partial charge in [0.15, 0.2) is 0 Å². The van der Waals surface area contributed by atoms with E-state index < -0.39 is 29.5 Å². The highest BCUT2D eigenvalue weighted by molar-refractivity contribution is 7.15. The summed E-state index contributed by atoms with van der Waals surface area (Å²) in [5, 5.41) is 9.74. The summed E-state index contributed by atoms with van der Waals surface area (Å²) in [6, 6.07) is 5.73. The number of nitrogens with one attached hydrogen (secondary N) is 3. The summed E-state index contributed by atoms with van der Waals surface area (Å²) >= 11 is 1.20. The number of hydrogen-bond donors (Lipinski definition) is 3. The maximum absolute atomic E-state index is 13.2. The Morgan fingerprint density at radius 2 is 1.75 bits per heavy atom. The highest BCUT2D eigenvalue weighted by Gasteiger charge is 2.24. The lowest BCUT2D eigenvalue weighted by Gasteiger charge is -2.19. The number of amides is 3. The number of rotatable bonds is 10. The monoisotopic (exact) mass is 521 g/mol. The second-order valence-corrected chi connectivity index (χ2v) is 9.85. The average molecular weight is 522 g/mol. The van der Waals surface area contributed by atoms with Gasteiger partial charge < -0.3 is 25.4 Å². The van der Waals surface area contributed by atoms with Crippen LogP contribution in [-0.4, -0.2) is 49.2 Å². The molecular weight excluding hydrogens is 489 g/mol. The molecule has 0 bridgehead atoms. The zero-order chi connectivity index (χ0) is 26.9. The van der Waals surface area contributed by atoms with Crippen LogP contribution < -0.4 is 16.0 Å². The van der Waals surface area contributed by atoms with Gasteiger partial charge in [-0.3, -0.25) is 9.59 Å². The number of ether oxygens (including phenoxy) is 2. The first-order valence-corrected chi connectivity index (χ1v) is 12.3. The highest BCUT2D eigenvalue weighted by atomic mass is 32.1. The maximum atomic E-state index is 13.2. The van der Waals surface area contributed by atoms with E-state index in [1.807, 2.05) is 6.92 Å². The Bertz CT molecular complexity index is 1080. The number of carbonyl (C=O) groups is 4. The van der Waals surface area contributed by atoms with Gasteiger partial charge in [-0.15, -0.1) is 11.3 Å². The Hall–Kier alpha value is -3.47. The molecule has 0 saturated carbocycles. The summed E-state index contributed by atoms with van der Waals surface area (Å²) < 4.78 is 23.6. The van der Waals surface area contributed by atoms with Crippen molar-refractivity contribution < 1.29 is 33.0 Å². The van der Waals surface area contributed by atoms with E-state index in [4.69, 9.17) is 9.47 Å². The summed E-state index contributed by atoms with van der Waals surface area (Å²) in [5.41, 5.74) is 0.873. The zero-order valence-electron chi connectivity index (χ0n) is 21.0. The summed E-state index contributed by atoms with van der Waals surface area (Å²) in [5.74, 6) is -2.32. The van der Waals surface area contributed by atoms with Crippen LogP contribution in [0.1, 0.15) is 61.5 Å². The number of esters is 1. The molecule has 1 heterocycles. The van der Waals surface area contributed by atoms with Crippen LogP contribution in [-0.2, 0) is 19.1 Å². The second-order valence-electron chi connectivity index (χ2n) is 8.97. The van der Waals surface area contributed by atoms with Crippen LogP contribution in [0, 0.1) is 12.7 Å². The Kier molecular flexibility index (Phi) is 10.4. The fraction of sp³-hybridized carbons (Fsp3) is 0.440. The lowest BCUT2D eigenvalue weighted by Crippen LogP contribution is -2.40. The molecule has 11 heteroatoms. The number of hydrogen-bond acceptors (Lipinski definition) is 7. The minimum Gasteiger partial charge on any atom is -0.460 e. The zero-order valence-corrected chi connectivity index (χ0v) is 21.8. The molecule has 1 aromatic carbocycles. The number of aryl methyl sites for hydroxylation is 1. The van der Waals surface area contributed by atoms with Crippen molar-refractivity contribution in [2.24, 2.45) is 0 Å². The Labute approximate surface area is 213 Å². The van der Waals surface area contributed by atoms with Crippen molar-refractivity contribution in [1.29, 1.82) is 0 Å². The third-order valence-electron chi connectivity index (χ3n) is 4.86. The molecule has 1 atom stereocenters. The molecule has 9 nitrogen and oxygen atoms in total. The lowest BCUT2D eigenvalue weighted by molar-refractivity contribution is -0.120. The van der Waals surface area contributed by atoms with Crippen molar-refractivity contribution in [2.75, 3.05) is 25.0 Å². The van der Waals surface area contributed by atoms with Crippen molar-refractivity contribution >= 4 is 40.2 Å². The average Bonchev–Trinajstić information content (AvgIpc) is 3.15. The Morgan fingerprint density at radius 3 is 2.36 bits per heavy atom. The van der Waals surface area contributed by atoms with Crippen molar-refractivity contribution in [1.82, 2.24) is 10.6 Å². The SMILES string of the molecule is CCC(C(=O)Nc1scc(C)c1C(=O)OCCNC(=O)CNC(=O)OC(C)(C)C)c1ccc(F)cc1. The molecule has 0 radical (unpaired) electrons. The van der Waals surface area contributed by atoms with E-state index in [2.05, 4.69) is 16.0 Å². The van der Waals surface area contributed by atoms with Gasteiger partial charge >= 0.3 is 12.1 Å². The van der Waals surface area contributed by atoms with Gasteiger partial charge in [0, 0.05) is 0 Å². The predicted octanol–water partition coefficient (Wildman–Crippen LogP) is 4.13. The Morgan fingerprint density at radius 1 is 1.08 bits per heavy atom. The number of alkyl carbamates (subject to hydrolysis) is 1. The number of carbonyl (C=O) groups excluding carboxylic acids is 4. The Balaban J connectivity index is 1.86. The molecular formula is C25H32FN3O6S. The summed E-state index contributed by atoms with van der Waals surface area (Å²) in [6.07, 6.45) is -0.222. The van der Waals surface area contributed by atoms with Crippen LogP contribution in [0.15, 0.2) is 29.6 Å². The summed E-state index contributed by atoms with van der Waals surface area (Å²) in [7, 11) is 0. The van der Waals surface area contributed by atoms with Crippen LogP contribution in [0.2, 0.25) is 0 Å². The van der Waals surface area contributed by atoms with E-state index in [1.54, 1.807) is 45.2 Å². The first-order chi connectivity index (χ1) is 16.9. The molecule has 0 saturated heterocycles.